The molecule has 4 heteroatoms. The number of nitrogens with zero attached hydrogens (tertiary/aromatic N) is 1. The van der Waals surface area contributed by atoms with Crippen LogP contribution in [0.5, 0.6) is 0 Å². The van der Waals surface area contributed by atoms with Crippen LogP contribution < -0.4 is 10.6 Å². The molecule has 0 fully saturated rings. The van der Waals surface area contributed by atoms with Crippen molar-refractivity contribution in [2.45, 2.75) is 6.92 Å². The fourth-order valence-corrected chi connectivity index (χ4v) is 1.97. The van der Waals surface area contributed by atoms with E-state index in [0.717, 1.165) is 5.69 Å². The third-order valence-electron chi connectivity index (χ3n) is 2.86. The first-order valence-electron chi connectivity index (χ1n) is 6.05. The summed E-state index contributed by atoms with van der Waals surface area (Å²) in [7, 11) is 0. The number of hydrogen-bond acceptors (Lipinski definition) is 2. The van der Waals surface area contributed by atoms with Crippen molar-refractivity contribution in [1.29, 1.82) is 0 Å². The Morgan fingerprint density at radius 3 is 2.21 bits per heavy atom. The summed E-state index contributed by atoms with van der Waals surface area (Å²) in [6, 6.07) is 14.1. The number of nitrogens with two attached hydrogens (primary N) is 1. The van der Waals surface area contributed by atoms with Crippen molar-refractivity contribution < 1.29 is 4.79 Å². The van der Waals surface area contributed by atoms with E-state index < -0.39 is 0 Å². The molecule has 0 aromatic heterocycles. The van der Waals surface area contributed by atoms with E-state index in [-0.39, 0.29) is 5.91 Å². The number of benzene rings is 2. The molecule has 0 radical (unpaired) electrons. The molecule has 2 N–H and O–H groups in total. The lowest BCUT2D eigenvalue weighted by Gasteiger charge is -2.21. The first-order chi connectivity index (χ1) is 9.11. The van der Waals surface area contributed by atoms with Crippen molar-refractivity contribution in [3.05, 3.63) is 59.1 Å². The van der Waals surface area contributed by atoms with Gasteiger partial charge in [-0.2, -0.15) is 0 Å². The van der Waals surface area contributed by atoms with Crippen LogP contribution in [-0.4, -0.2) is 12.5 Å². The zero-order valence-corrected chi connectivity index (χ0v) is 11.4. The van der Waals surface area contributed by atoms with Gasteiger partial charge in [-0.05, 0) is 55.5 Å². The number of hydrogen-bond donors (Lipinski definition) is 1. The Kier molecular flexibility index (Phi) is 4.07. The molecular weight excluding hydrogens is 260 g/mol. The molecule has 0 aliphatic rings. The summed E-state index contributed by atoms with van der Waals surface area (Å²) in [5.41, 5.74) is 7.78. The average molecular weight is 275 g/mol. The minimum atomic E-state index is -0.0519. The SMILES string of the molecule is CCN(C(=O)c1ccc(Cl)cc1)c1ccc(N)cc1. The lowest BCUT2D eigenvalue weighted by molar-refractivity contribution is 0.0988. The topological polar surface area (TPSA) is 46.3 Å². The number of anilines is 2. The van der Waals surface area contributed by atoms with Gasteiger partial charge in [-0.3, -0.25) is 4.79 Å². The van der Waals surface area contributed by atoms with Crippen LogP contribution in [-0.2, 0) is 0 Å². The lowest BCUT2D eigenvalue weighted by atomic mass is 10.1. The molecule has 0 heterocycles. The Morgan fingerprint density at radius 1 is 1.11 bits per heavy atom. The highest BCUT2D eigenvalue weighted by molar-refractivity contribution is 6.30. The standard InChI is InChI=1S/C15H15ClN2O/c1-2-18(14-9-7-13(17)8-10-14)15(19)11-3-5-12(16)6-4-11/h3-10H,2,17H2,1H3. The highest BCUT2D eigenvalue weighted by Gasteiger charge is 2.15. The van der Waals surface area contributed by atoms with Gasteiger partial charge in [0.15, 0.2) is 0 Å². The van der Waals surface area contributed by atoms with Gasteiger partial charge in [0.1, 0.15) is 0 Å². The maximum atomic E-state index is 12.4. The van der Waals surface area contributed by atoms with Crippen LogP contribution in [0.15, 0.2) is 48.5 Å². The van der Waals surface area contributed by atoms with Crippen molar-refractivity contribution in [3.63, 3.8) is 0 Å². The normalized spacial score (nSPS) is 10.2. The number of halogens is 1. The third-order valence-corrected chi connectivity index (χ3v) is 3.11. The Hall–Kier alpha value is -2.00. The van der Waals surface area contributed by atoms with Gasteiger partial charge in [-0.15, -0.1) is 0 Å². The molecule has 0 atom stereocenters. The molecule has 0 saturated heterocycles. The first-order valence-corrected chi connectivity index (χ1v) is 6.42. The van der Waals surface area contributed by atoms with E-state index in [2.05, 4.69) is 0 Å². The van der Waals surface area contributed by atoms with Crippen LogP contribution in [0.25, 0.3) is 0 Å². The second-order valence-corrected chi connectivity index (χ2v) is 4.58. The number of carbonyl (C=O) groups excluding carboxylic acids is 1. The van der Waals surface area contributed by atoms with E-state index in [0.29, 0.717) is 22.8 Å². The van der Waals surface area contributed by atoms with E-state index in [1.54, 1.807) is 41.3 Å². The van der Waals surface area contributed by atoms with Gasteiger partial charge in [0.2, 0.25) is 0 Å². The van der Waals surface area contributed by atoms with Gasteiger partial charge in [0.05, 0.1) is 0 Å². The van der Waals surface area contributed by atoms with Crippen LogP contribution >= 0.6 is 11.6 Å². The van der Waals surface area contributed by atoms with Crippen molar-refractivity contribution in [1.82, 2.24) is 0 Å². The minimum absolute atomic E-state index is 0.0519. The van der Waals surface area contributed by atoms with Crippen LogP contribution in [0.1, 0.15) is 17.3 Å². The van der Waals surface area contributed by atoms with Gasteiger partial charge in [0.25, 0.3) is 5.91 Å². The highest BCUT2D eigenvalue weighted by Crippen LogP contribution is 2.19. The maximum Gasteiger partial charge on any atom is 0.258 e. The smallest absolute Gasteiger partial charge is 0.258 e. The summed E-state index contributed by atoms with van der Waals surface area (Å²) in [6.45, 7) is 2.52. The molecule has 3 nitrogen and oxygen atoms in total. The first kappa shape index (κ1) is 13.4. The van der Waals surface area contributed by atoms with Gasteiger partial charge < -0.3 is 10.6 Å². The molecule has 1 amide bonds. The van der Waals surface area contributed by atoms with Crippen molar-refractivity contribution in [3.8, 4) is 0 Å². The molecule has 0 saturated carbocycles. The molecule has 98 valence electrons. The largest absolute Gasteiger partial charge is 0.399 e. The Labute approximate surface area is 117 Å². The molecule has 19 heavy (non-hydrogen) atoms. The van der Waals surface area contributed by atoms with Gasteiger partial charge in [0, 0.05) is 28.5 Å². The molecule has 0 bridgehead atoms. The zero-order valence-electron chi connectivity index (χ0n) is 10.6. The third kappa shape index (κ3) is 3.06. The number of carbonyl (C=O) groups is 1. The molecule has 2 rings (SSSR count). The van der Waals surface area contributed by atoms with E-state index in [9.17, 15) is 4.79 Å². The second kappa shape index (κ2) is 5.76. The summed E-state index contributed by atoms with van der Waals surface area (Å²) in [5, 5.41) is 0.618. The van der Waals surface area contributed by atoms with Crippen molar-refractivity contribution in [2.24, 2.45) is 0 Å². The van der Waals surface area contributed by atoms with Gasteiger partial charge in [-0.1, -0.05) is 11.6 Å². The van der Waals surface area contributed by atoms with E-state index in [1.165, 1.54) is 0 Å². The molecule has 0 spiro atoms. The van der Waals surface area contributed by atoms with Crippen molar-refractivity contribution >= 4 is 28.9 Å². The van der Waals surface area contributed by atoms with E-state index in [1.807, 2.05) is 19.1 Å². The molecule has 0 aliphatic heterocycles. The summed E-state index contributed by atoms with van der Waals surface area (Å²) >= 11 is 5.83. The Balaban J connectivity index is 2.29. The highest BCUT2D eigenvalue weighted by atomic mass is 35.5. The summed E-state index contributed by atoms with van der Waals surface area (Å²) in [6.07, 6.45) is 0. The predicted molar refractivity (Wildman–Crippen MR) is 79.7 cm³/mol. The monoisotopic (exact) mass is 274 g/mol. The molecule has 2 aromatic carbocycles. The quantitative estimate of drug-likeness (QED) is 0.870. The number of nitrogen functional groups attached to an aromatic ring is 1. The van der Waals surface area contributed by atoms with Crippen LogP contribution in [0.2, 0.25) is 5.02 Å². The van der Waals surface area contributed by atoms with Crippen LogP contribution in [0, 0.1) is 0 Å². The lowest BCUT2D eigenvalue weighted by Crippen LogP contribution is -2.30. The van der Waals surface area contributed by atoms with Crippen LogP contribution in [0.3, 0.4) is 0 Å². The van der Waals surface area contributed by atoms with E-state index in [4.69, 9.17) is 17.3 Å². The maximum absolute atomic E-state index is 12.4. The fraction of sp³-hybridized carbons (Fsp3) is 0.133. The predicted octanol–water partition coefficient (Wildman–Crippen LogP) is 3.59. The van der Waals surface area contributed by atoms with E-state index >= 15 is 0 Å². The Bertz CT molecular complexity index is 564. The number of rotatable bonds is 3. The second-order valence-electron chi connectivity index (χ2n) is 4.15. The average Bonchev–Trinajstić information content (AvgIpc) is 2.42. The summed E-state index contributed by atoms with van der Waals surface area (Å²) < 4.78 is 0. The minimum Gasteiger partial charge on any atom is -0.399 e. The molecule has 0 aliphatic carbocycles. The molecular formula is C15H15ClN2O. The zero-order chi connectivity index (χ0) is 13.8. The van der Waals surface area contributed by atoms with Crippen molar-refractivity contribution in [2.75, 3.05) is 17.2 Å². The van der Waals surface area contributed by atoms with Gasteiger partial charge in [-0.25, -0.2) is 0 Å². The molecule has 0 unspecified atom stereocenters. The fourth-order valence-electron chi connectivity index (χ4n) is 1.85. The summed E-state index contributed by atoms with van der Waals surface area (Å²) in [5.74, 6) is -0.0519. The summed E-state index contributed by atoms with van der Waals surface area (Å²) in [4.78, 5) is 14.1. The molecule has 2 aromatic rings. The Morgan fingerprint density at radius 2 is 1.68 bits per heavy atom. The van der Waals surface area contributed by atoms with Crippen LogP contribution in [0.4, 0.5) is 11.4 Å². The number of amides is 1. The van der Waals surface area contributed by atoms with Gasteiger partial charge >= 0.3 is 0 Å².